The van der Waals surface area contributed by atoms with Crippen molar-refractivity contribution in [1.29, 1.82) is 0 Å². The maximum Gasteiger partial charge on any atom is 0.330 e. The summed E-state index contributed by atoms with van der Waals surface area (Å²) >= 11 is 0. The number of benzene rings is 1. The van der Waals surface area contributed by atoms with Gasteiger partial charge in [-0.05, 0) is 36.6 Å². The summed E-state index contributed by atoms with van der Waals surface area (Å²) in [5, 5.41) is 0. The Kier molecular flexibility index (Phi) is 30.4. The van der Waals surface area contributed by atoms with Crippen LogP contribution in [0.3, 0.4) is 0 Å². The van der Waals surface area contributed by atoms with Gasteiger partial charge in [-0.1, -0.05) is 205 Å². The van der Waals surface area contributed by atoms with Crippen molar-refractivity contribution in [2.24, 2.45) is 0 Å². The highest BCUT2D eigenvalue weighted by atomic mass is 16.5. The Morgan fingerprint density at radius 1 is 0.543 bits per heavy atom. The molecule has 0 spiro atoms. The van der Waals surface area contributed by atoms with Crippen LogP contribution in [-0.4, -0.2) is 19.7 Å². The third-order valence-electron chi connectivity index (χ3n) is 9.59. The van der Waals surface area contributed by atoms with Gasteiger partial charge in [-0.2, -0.15) is 0 Å². The molecule has 0 radical (unpaired) electrons. The first-order valence-corrected chi connectivity index (χ1v) is 20.2. The van der Waals surface area contributed by atoms with Crippen molar-refractivity contribution in [3.05, 3.63) is 35.4 Å². The van der Waals surface area contributed by atoms with E-state index in [2.05, 4.69) is 6.92 Å². The third-order valence-corrected chi connectivity index (χ3v) is 9.59. The Morgan fingerprint density at radius 2 is 0.891 bits per heavy atom. The number of hydrogen-bond acceptors (Lipinski definition) is 3. The number of esters is 1. The number of aryl methyl sites for hydroxylation is 1. The highest BCUT2D eigenvalue weighted by molar-refractivity contribution is 5.87. The Balaban J connectivity index is 1.72. The molecule has 1 aromatic carbocycles. The third kappa shape index (κ3) is 27.4. The van der Waals surface area contributed by atoms with Crippen molar-refractivity contribution in [3.8, 4) is 5.75 Å². The van der Waals surface area contributed by atoms with Gasteiger partial charge in [0.05, 0.1) is 13.7 Å². The van der Waals surface area contributed by atoms with Crippen LogP contribution in [0, 0.1) is 6.92 Å². The summed E-state index contributed by atoms with van der Waals surface area (Å²) in [5.41, 5.74) is 2.02. The normalized spacial score (nSPS) is 11.5. The number of unbranched alkanes of at least 4 members (excludes halogenated alkanes) is 29. The van der Waals surface area contributed by atoms with Crippen LogP contribution in [-0.2, 0) is 9.53 Å². The predicted molar refractivity (Wildman–Crippen MR) is 202 cm³/mol. The van der Waals surface area contributed by atoms with Crippen molar-refractivity contribution < 1.29 is 14.3 Å². The quantitative estimate of drug-likeness (QED) is 0.0427. The van der Waals surface area contributed by atoms with Gasteiger partial charge in [0.2, 0.25) is 0 Å². The summed E-state index contributed by atoms with van der Waals surface area (Å²) in [6.45, 7) is 4.82. The van der Waals surface area contributed by atoms with Crippen LogP contribution in [0.15, 0.2) is 24.3 Å². The zero-order chi connectivity index (χ0) is 33.2. The van der Waals surface area contributed by atoms with Gasteiger partial charge in [-0.3, -0.25) is 0 Å². The summed E-state index contributed by atoms with van der Waals surface area (Å²) in [5.74, 6) is 0.562. The fourth-order valence-electron chi connectivity index (χ4n) is 6.45. The first kappa shape index (κ1) is 42.3. The Bertz CT molecular complexity index is 829. The molecule has 46 heavy (non-hydrogen) atoms. The molecule has 0 N–H and O–H groups in total. The van der Waals surface area contributed by atoms with Gasteiger partial charge in [0.1, 0.15) is 5.75 Å². The average Bonchev–Trinajstić information content (AvgIpc) is 3.06. The van der Waals surface area contributed by atoms with E-state index < -0.39 is 0 Å². The summed E-state index contributed by atoms with van der Waals surface area (Å²) in [4.78, 5) is 12.0. The lowest BCUT2D eigenvalue weighted by molar-refractivity contribution is -0.137. The lowest BCUT2D eigenvalue weighted by Crippen LogP contribution is -2.02. The Labute approximate surface area is 287 Å². The zero-order valence-corrected chi connectivity index (χ0v) is 31.0. The van der Waals surface area contributed by atoms with Crippen LogP contribution >= 0.6 is 0 Å². The van der Waals surface area contributed by atoms with E-state index in [-0.39, 0.29) is 5.97 Å². The van der Waals surface area contributed by atoms with Crippen LogP contribution in [0.1, 0.15) is 211 Å². The van der Waals surface area contributed by atoms with Crippen LogP contribution < -0.4 is 4.74 Å². The summed E-state index contributed by atoms with van der Waals surface area (Å²) in [6, 6.07) is 5.90. The molecule has 0 saturated carbocycles. The minimum Gasteiger partial charge on any atom is -0.496 e. The number of hydrogen-bond donors (Lipinski definition) is 0. The lowest BCUT2D eigenvalue weighted by atomic mass is 10.0. The van der Waals surface area contributed by atoms with Crippen molar-refractivity contribution in [2.75, 3.05) is 13.7 Å². The lowest BCUT2D eigenvalue weighted by Gasteiger charge is -2.05. The molecule has 0 heterocycles. The predicted octanol–water partition coefficient (Wildman–Crippen LogP) is 14.3. The van der Waals surface area contributed by atoms with E-state index in [9.17, 15) is 4.79 Å². The van der Waals surface area contributed by atoms with E-state index >= 15 is 0 Å². The molecule has 0 aliphatic heterocycles. The van der Waals surface area contributed by atoms with Crippen molar-refractivity contribution in [3.63, 3.8) is 0 Å². The molecule has 0 bridgehead atoms. The molecule has 1 rings (SSSR count). The smallest absolute Gasteiger partial charge is 0.330 e. The van der Waals surface area contributed by atoms with Gasteiger partial charge < -0.3 is 9.47 Å². The number of carbonyl (C=O) groups is 1. The minimum absolute atomic E-state index is 0.269. The number of rotatable bonds is 34. The standard InChI is InChI=1S/C43H76O3/c1-4-5-6-7-8-9-10-11-12-13-14-15-16-17-18-19-20-21-22-23-24-25-26-27-28-29-30-31-32-33-38-46-43(44)37-36-41-35-34-40(2)42(39-41)45-3/h34-37,39H,4-33,38H2,1-3H3. The van der Waals surface area contributed by atoms with Gasteiger partial charge in [-0.25, -0.2) is 4.79 Å². The van der Waals surface area contributed by atoms with Crippen molar-refractivity contribution in [1.82, 2.24) is 0 Å². The van der Waals surface area contributed by atoms with E-state index in [1.807, 2.05) is 25.1 Å². The SMILES string of the molecule is CCCCCCCCCCCCCCCCCCCCCCCCCCCCCCCCOC(=O)C=Cc1ccc(C)c(OC)c1. The molecule has 1 aromatic rings. The summed E-state index contributed by atoms with van der Waals surface area (Å²) in [6.07, 6.45) is 45.6. The Morgan fingerprint density at radius 3 is 1.24 bits per heavy atom. The highest BCUT2D eigenvalue weighted by Crippen LogP contribution is 2.20. The second-order valence-electron chi connectivity index (χ2n) is 14.0. The largest absolute Gasteiger partial charge is 0.496 e. The molecule has 0 aliphatic rings. The fourth-order valence-corrected chi connectivity index (χ4v) is 6.45. The van der Waals surface area contributed by atoms with Gasteiger partial charge >= 0.3 is 5.97 Å². The van der Waals surface area contributed by atoms with Crippen LogP contribution in [0.25, 0.3) is 6.08 Å². The summed E-state index contributed by atoms with van der Waals surface area (Å²) < 4.78 is 10.7. The molecule has 0 fully saturated rings. The van der Waals surface area contributed by atoms with E-state index in [1.54, 1.807) is 13.2 Å². The van der Waals surface area contributed by atoms with E-state index in [0.717, 1.165) is 29.7 Å². The van der Waals surface area contributed by atoms with E-state index in [0.29, 0.717) is 6.61 Å². The van der Waals surface area contributed by atoms with Crippen LogP contribution in [0.5, 0.6) is 5.75 Å². The molecule has 0 aliphatic carbocycles. The number of carbonyl (C=O) groups excluding carboxylic acids is 1. The van der Waals surface area contributed by atoms with Gasteiger partial charge in [0.25, 0.3) is 0 Å². The second kappa shape index (κ2) is 33.1. The van der Waals surface area contributed by atoms with E-state index in [1.165, 1.54) is 186 Å². The molecular weight excluding hydrogens is 564 g/mol. The molecule has 0 unspecified atom stereocenters. The van der Waals surface area contributed by atoms with Crippen molar-refractivity contribution >= 4 is 12.0 Å². The molecule has 0 amide bonds. The molecule has 0 saturated heterocycles. The Hall–Kier alpha value is -1.77. The highest BCUT2D eigenvalue weighted by Gasteiger charge is 2.01. The van der Waals surface area contributed by atoms with Crippen LogP contribution in [0.4, 0.5) is 0 Å². The van der Waals surface area contributed by atoms with Crippen molar-refractivity contribution in [2.45, 2.75) is 206 Å². The van der Waals surface area contributed by atoms with Crippen LogP contribution in [0.2, 0.25) is 0 Å². The maximum absolute atomic E-state index is 12.0. The monoisotopic (exact) mass is 641 g/mol. The first-order chi connectivity index (χ1) is 22.7. The number of ether oxygens (including phenoxy) is 2. The fraction of sp³-hybridized carbons (Fsp3) is 0.791. The summed E-state index contributed by atoms with van der Waals surface area (Å²) in [7, 11) is 1.66. The second-order valence-corrected chi connectivity index (χ2v) is 14.0. The van der Waals surface area contributed by atoms with E-state index in [4.69, 9.17) is 9.47 Å². The zero-order valence-electron chi connectivity index (χ0n) is 31.0. The molecule has 3 heteroatoms. The average molecular weight is 641 g/mol. The van der Waals surface area contributed by atoms with Gasteiger partial charge in [0, 0.05) is 6.08 Å². The molecular formula is C43H76O3. The molecule has 0 atom stereocenters. The van der Waals surface area contributed by atoms with Gasteiger partial charge in [-0.15, -0.1) is 0 Å². The first-order valence-electron chi connectivity index (χ1n) is 20.2. The maximum atomic E-state index is 12.0. The molecule has 266 valence electrons. The number of methoxy groups -OCH3 is 1. The van der Waals surface area contributed by atoms with Gasteiger partial charge in [0.15, 0.2) is 0 Å². The molecule has 3 nitrogen and oxygen atoms in total. The molecule has 0 aromatic heterocycles. The minimum atomic E-state index is -0.269. The topological polar surface area (TPSA) is 35.5 Å².